The maximum Gasteiger partial charge on any atom is 0.251 e. The highest BCUT2D eigenvalue weighted by Crippen LogP contribution is 2.22. The van der Waals surface area contributed by atoms with Gasteiger partial charge in [-0.3, -0.25) is 4.79 Å². The van der Waals surface area contributed by atoms with Gasteiger partial charge in [-0.05, 0) is 35.4 Å². The van der Waals surface area contributed by atoms with Crippen molar-refractivity contribution in [3.8, 4) is 17.2 Å². The van der Waals surface area contributed by atoms with E-state index in [0.29, 0.717) is 30.2 Å². The fourth-order valence-electron chi connectivity index (χ4n) is 2.74. The summed E-state index contributed by atoms with van der Waals surface area (Å²) < 4.78 is 16.2. The summed E-state index contributed by atoms with van der Waals surface area (Å²) in [6.07, 6.45) is 0. The van der Waals surface area contributed by atoms with Gasteiger partial charge in [0.2, 0.25) is 0 Å². The maximum absolute atomic E-state index is 12.5. The minimum absolute atomic E-state index is 0.192. The van der Waals surface area contributed by atoms with Gasteiger partial charge < -0.3 is 19.5 Å². The first-order valence-electron chi connectivity index (χ1n) is 8.95. The van der Waals surface area contributed by atoms with Crippen LogP contribution >= 0.6 is 0 Å². The van der Waals surface area contributed by atoms with E-state index in [1.807, 2.05) is 54.6 Å². The number of benzene rings is 3. The van der Waals surface area contributed by atoms with Crippen LogP contribution in [0.25, 0.3) is 0 Å². The Morgan fingerprint density at radius 2 is 1.46 bits per heavy atom. The number of amides is 1. The molecule has 0 saturated carbocycles. The van der Waals surface area contributed by atoms with E-state index in [2.05, 4.69) is 5.32 Å². The number of rotatable bonds is 8. The molecule has 0 heterocycles. The zero-order valence-electron chi connectivity index (χ0n) is 16.0. The number of ether oxygens (including phenoxy) is 3. The summed E-state index contributed by atoms with van der Waals surface area (Å²) in [5.41, 5.74) is 2.52. The quantitative estimate of drug-likeness (QED) is 0.639. The largest absolute Gasteiger partial charge is 0.497 e. The third kappa shape index (κ3) is 5.27. The molecule has 0 spiro atoms. The lowest BCUT2D eigenvalue weighted by Gasteiger charge is -2.10. The van der Waals surface area contributed by atoms with Gasteiger partial charge in [-0.15, -0.1) is 0 Å². The molecule has 0 unspecified atom stereocenters. The Morgan fingerprint density at radius 1 is 0.786 bits per heavy atom. The Kier molecular flexibility index (Phi) is 6.52. The number of hydrogen-bond donors (Lipinski definition) is 1. The number of hydrogen-bond acceptors (Lipinski definition) is 4. The minimum atomic E-state index is -0.192. The van der Waals surface area contributed by atoms with E-state index in [1.165, 1.54) is 0 Å². The highest BCUT2D eigenvalue weighted by molar-refractivity contribution is 5.95. The van der Waals surface area contributed by atoms with Gasteiger partial charge in [0.25, 0.3) is 5.91 Å². The van der Waals surface area contributed by atoms with Crippen LogP contribution in [0.3, 0.4) is 0 Å². The Balaban J connectivity index is 1.60. The molecule has 0 aliphatic rings. The Hall–Kier alpha value is -3.47. The van der Waals surface area contributed by atoms with Crippen molar-refractivity contribution in [2.75, 3.05) is 14.2 Å². The first kappa shape index (κ1) is 19.3. The summed E-state index contributed by atoms with van der Waals surface area (Å²) in [7, 11) is 3.11. The third-order valence-corrected chi connectivity index (χ3v) is 4.21. The second-order valence-electron chi connectivity index (χ2n) is 6.21. The monoisotopic (exact) mass is 377 g/mol. The Bertz CT molecular complexity index is 903. The van der Waals surface area contributed by atoms with Crippen LogP contribution in [0.1, 0.15) is 21.5 Å². The lowest BCUT2D eigenvalue weighted by molar-refractivity contribution is 0.0950. The molecule has 3 aromatic rings. The number of para-hydroxylation sites is 1. The number of carbonyl (C=O) groups is 1. The highest BCUT2D eigenvalue weighted by atomic mass is 16.5. The Labute approximate surface area is 164 Å². The maximum atomic E-state index is 12.5. The van der Waals surface area contributed by atoms with Gasteiger partial charge >= 0.3 is 0 Å². The first-order chi connectivity index (χ1) is 13.7. The van der Waals surface area contributed by atoms with Crippen molar-refractivity contribution in [2.24, 2.45) is 0 Å². The fraction of sp³-hybridized carbons (Fsp3) is 0.174. The fourth-order valence-corrected chi connectivity index (χ4v) is 2.74. The number of methoxy groups -OCH3 is 2. The molecule has 0 bridgehead atoms. The van der Waals surface area contributed by atoms with Crippen LogP contribution in [0.2, 0.25) is 0 Å². The predicted octanol–water partition coefficient (Wildman–Crippen LogP) is 4.21. The van der Waals surface area contributed by atoms with E-state index in [-0.39, 0.29) is 5.91 Å². The molecule has 5 nitrogen and oxygen atoms in total. The normalized spacial score (nSPS) is 10.2. The van der Waals surface area contributed by atoms with Crippen molar-refractivity contribution >= 4 is 5.91 Å². The predicted molar refractivity (Wildman–Crippen MR) is 108 cm³/mol. The molecule has 0 fully saturated rings. The van der Waals surface area contributed by atoms with Gasteiger partial charge in [0, 0.05) is 18.2 Å². The van der Waals surface area contributed by atoms with E-state index in [1.54, 1.807) is 32.4 Å². The summed E-state index contributed by atoms with van der Waals surface area (Å²) in [4.78, 5) is 12.5. The molecule has 1 N–H and O–H groups in total. The van der Waals surface area contributed by atoms with Crippen molar-refractivity contribution in [3.05, 3.63) is 89.5 Å². The third-order valence-electron chi connectivity index (χ3n) is 4.21. The second-order valence-corrected chi connectivity index (χ2v) is 6.21. The first-order valence-corrected chi connectivity index (χ1v) is 8.95. The van der Waals surface area contributed by atoms with Gasteiger partial charge in [-0.2, -0.15) is 0 Å². The molecule has 0 aliphatic heterocycles. The van der Waals surface area contributed by atoms with Crippen LogP contribution in [0, 0.1) is 0 Å². The summed E-state index contributed by atoms with van der Waals surface area (Å²) in [6.45, 7) is 0.885. The molecule has 0 atom stereocenters. The highest BCUT2D eigenvalue weighted by Gasteiger charge is 2.10. The lowest BCUT2D eigenvalue weighted by Crippen LogP contribution is -2.23. The number of nitrogens with one attached hydrogen (secondary N) is 1. The summed E-state index contributed by atoms with van der Waals surface area (Å²) in [5, 5.41) is 2.93. The van der Waals surface area contributed by atoms with Crippen LogP contribution in [0.4, 0.5) is 0 Å². The summed E-state index contributed by atoms with van der Waals surface area (Å²) in [5.74, 6) is 1.78. The molecule has 28 heavy (non-hydrogen) atoms. The van der Waals surface area contributed by atoms with Crippen molar-refractivity contribution in [2.45, 2.75) is 13.2 Å². The van der Waals surface area contributed by atoms with Gasteiger partial charge in [-0.25, -0.2) is 0 Å². The van der Waals surface area contributed by atoms with Gasteiger partial charge in [0.05, 0.1) is 14.2 Å². The lowest BCUT2D eigenvalue weighted by atomic mass is 10.1. The van der Waals surface area contributed by atoms with Crippen LogP contribution < -0.4 is 19.5 Å². The van der Waals surface area contributed by atoms with E-state index in [4.69, 9.17) is 14.2 Å². The van der Waals surface area contributed by atoms with Gasteiger partial charge in [-0.1, -0.05) is 42.5 Å². The second kappa shape index (κ2) is 9.46. The van der Waals surface area contributed by atoms with E-state index >= 15 is 0 Å². The van der Waals surface area contributed by atoms with E-state index < -0.39 is 0 Å². The minimum Gasteiger partial charge on any atom is -0.497 e. The molecule has 0 aromatic heterocycles. The SMILES string of the molecule is COc1cc(OC)cc(C(=O)NCc2cccc(COc3ccccc3)c2)c1. The molecule has 1 amide bonds. The van der Waals surface area contributed by atoms with Crippen molar-refractivity contribution in [1.82, 2.24) is 5.32 Å². The molecule has 5 heteroatoms. The molecule has 0 saturated heterocycles. The van der Waals surface area contributed by atoms with Crippen LogP contribution in [-0.4, -0.2) is 20.1 Å². The Morgan fingerprint density at radius 3 is 2.14 bits per heavy atom. The standard InChI is InChI=1S/C23H23NO4/c1-26-21-12-19(13-22(14-21)27-2)23(25)24-15-17-7-6-8-18(11-17)16-28-20-9-4-3-5-10-20/h3-14H,15-16H2,1-2H3,(H,24,25). The molecular weight excluding hydrogens is 354 g/mol. The summed E-state index contributed by atoms with van der Waals surface area (Å²) in [6, 6.07) is 22.7. The van der Waals surface area contributed by atoms with E-state index in [9.17, 15) is 4.79 Å². The van der Waals surface area contributed by atoms with Gasteiger partial charge in [0.1, 0.15) is 23.9 Å². The zero-order valence-corrected chi connectivity index (χ0v) is 16.0. The molecule has 0 radical (unpaired) electrons. The molecule has 0 aliphatic carbocycles. The van der Waals surface area contributed by atoms with Crippen LogP contribution in [0.15, 0.2) is 72.8 Å². The van der Waals surface area contributed by atoms with Crippen molar-refractivity contribution in [3.63, 3.8) is 0 Å². The average molecular weight is 377 g/mol. The zero-order chi connectivity index (χ0) is 19.8. The topological polar surface area (TPSA) is 56.8 Å². The number of carbonyl (C=O) groups excluding carboxylic acids is 1. The molecule has 3 rings (SSSR count). The van der Waals surface area contributed by atoms with E-state index in [0.717, 1.165) is 16.9 Å². The van der Waals surface area contributed by atoms with Crippen LogP contribution in [-0.2, 0) is 13.2 Å². The molecule has 3 aromatic carbocycles. The molecular formula is C23H23NO4. The van der Waals surface area contributed by atoms with Crippen molar-refractivity contribution in [1.29, 1.82) is 0 Å². The van der Waals surface area contributed by atoms with Crippen molar-refractivity contribution < 1.29 is 19.0 Å². The summed E-state index contributed by atoms with van der Waals surface area (Å²) >= 11 is 0. The molecule has 144 valence electrons. The smallest absolute Gasteiger partial charge is 0.251 e. The average Bonchev–Trinajstić information content (AvgIpc) is 2.76. The van der Waals surface area contributed by atoms with Crippen LogP contribution in [0.5, 0.6) is 17.2 Å². The van der Waals surface area contributed by atoms with Gasteiger partial charge in [0.15, 0.2) is 0 Å².